The molecule has 1 rings (SSSR count). The van der Waals surface area contributed by atoms with Crippen molar-refractivity contribution >= 4 is 0 Å². The van der Waals surface area contributed by atoms with Crippen LogP contribution < -0.4 is 4.89 Å². The summed E-state index contributed by atoms with van der Waals surface area (Å²) in [6, 6.07) is 8.11. The highest BCUT2D eigenvalue weighted by Crippen LogP contribution is 2.24. The summed E-state index contributed by atoms with van der Waals surface area (Å²) >= 11 is 0. The standard InChI is InChI=1S/C17H28O2/c1-6-7-8-12-17(4,5)19-18-16-11-9-10-15(13-16)14(2)3/h9-11,13-14H,6-8,12H2,1-5H3. The van der Waals surface area contributed by atoms with Crippen LogP contribution in [0.15, 0.2) is 24.3 Å². The fraction of sp³-hybridized carbons (Fsp3) is 0.647. The molecule has 0 saturated heterocycles. The molecular formula is C17H28O2. The highest BCUT2D eigenvalue weighted by Gasteiger charge is 2.20. The molecule has 1 aromatic carbocycles. The molecule has 0 unspecified atom stereocenters. The lowest BCUT2D eigenvalue weighted by molar-refractivity contribution is -0.282. The third kappa shape index (κ3) is 6.11. The fourth-order valence-electron chi connectivity index (χ4n) is 1.93. The summed E-state index contributed by atoms with van der Waals surface area (Å²) in [5, 5.41) is 0. The molecule has 2 heteroatoms. The lowest BCUT2D eigenvalue weighted by Crippen LogP contribution is -2.26. The minimum Gasteiger partial charge on any atom is -0.337 e. The van der Waals surface area contributed by atoms with Crippen molar-refractivity contribution in [2.75, 3.05) is 0 Å². The SMILES string of the molecule is CCCCCC(C)(C)OOc1cccc(C(C)C)c1. The third-order valence-corrected chi connectivity index (χ3v) is 3.27. The van der Waals surface area contributed by atoms with Crippen molar-refractivity contribution in [3.63, 3.8) is 0 Å². The van der Waals surface area contributed by atoms with Crippen molar-refractivity contribution in [2.24, 2.45) is 0 Å². The van der Waals surface area contributed by atoms with Gasteiger partial charge in [-0.2, -0.15) is 4.89 Å². The molecule has 0 bridgehead atoms. The second kappa shape index (κ2) is 7.54. The Balaban J connectivity index is 2.49. The maximum Gasteiger partial charge on any atom is 0.165 e. The maximum absolute atomic E-state index is 5.60. The molecule has 1 aromatic rings. The average molecular weight is 264 g/mol. The summed E-state index contributed by atoms with van der Waals surface area (Å²) in [5.41, 5.74) is 1.04. The summed E-state index contributed by atoms with van der Waals surface area (Å²) in [7, 11) is 0. The summed E-state index contributed by atoms with van der Waals surface area (Å²) < 4.78 is 0. The van der Waals surface area contributed by atoms with Crippen LogP contribution in [0.3, 0.4) is 0 Å². The van der Waals surface area contributed by atoms with E-state index in [1.54, 1.807) is 0 Å². The number of rotatable bonds is 8. The quantitative estimate of drug-likeness (QED) is 0.351. The van der Waals surface area contributed by atoms with Gasteiger partial charge < -0.3 is 4.89 Å². The molecule has 0 saturated carbocycles. The van der Waals surface area contributed by atoms with Gasteiger partial charge in [-0.05, 0) is 43.9 Å². The van der Waals surface area contributed by atoms with E-state index in [0.29, 0.717) is 5.92 Å². The smallest absolute Gasteiger partial charge is 0.165 e. The van der Waals surface area contributed by atoms with E-state index in [9.17, 15) is 0 Å². The molecule has 0 aliphatic rings. The Labute approximate surface area is 118 Å². The molecule has 108 valence electrons. The predicted octanol–water partition coefficient (Wildman–Crippen LogP) is 5.48. The molecule has 0 N–H and O–H groups in total. The van der Waals surface area contributed by atoms with E-state index in [4.69, 9.17) is 9.78 Å². The topological polar surface area (TPSA) is 18.5 Å². The van der Waals surface area contributed by atoms with Gasteiger partial charge in [-0.3, -0.25) is 0 Å². The predicted molar refractivity (Wildman–Crippen MR) is 80.5 cm³/mol. The van der Waals surface area contributed by atoms with Gasteiger partial charge in [-0.1, -0.05) is 52.2 Å². The molecule has 2 nitrogen and oxygen atoms in total. The fourth-order valence-corrected chi connectivity index (χ4v) is 1.93. The molecule has 0 amide bonds. The van der Waals surface area contributed by atoms with Crippen LogP contribution in [0.25, 0.3) is 0 Å². The Bertz CT molecular complexity index is 369. The van der Waals surface area contributed by atoms with E-state index in [-0.39, 0.29) is 5.60 Å². The monoisotopic (exact) mass is 264 g/mol. The van der Waals surface area contributed by atoms with Crippen LogP contribution in [0.1, 0.15) is 71.8 Å². The first-order valence-electron chi connectivity index (χ1n) is 7.40. The van der Waals surface area contributed by atoms with Gasteiger partial charge in [-0.25, -0.2) is 0 Å². The summed E-state index contributed by atoms with van der Waals surface area (Å²) in [4.78, 5) is 11.1. The molecule has 0 aromatic heterocycles. The highest BCUT2D eigenvalue weighted by molar-refractivity contribution is 5.29. The molecule has 0 fully saturated rings. The lowest BCUT2D eigenvalue weighted by Gasteiger charge is -2.23. The van der Waals surface area contributed by atoms with Crippen LogP contribution in [0.2, 0.25) is 0 Å². The Hall–Kier alpha value is -1.02. The number of benzene rings is 1. The molecule has 0 spiro atoms. The van der Waals surface area contributed by atoms with Gasteiger partial charge in [0, 0.05) is 0 Å². The van der Waals surface area contributed by atoms with E-state index < -0.39 is 0 Å². The largest absolute Gasteiger partial charge is 0.337 e. The Morgan fingerprint density at radius 3 is 2.53 bits per heavy atom. The first kappa shape index (κ1) is 16.0. The molecule has 0 aliphatic carbocycles. The van der Waals surface area contributed by atoms with Crippen molar-refractivity contribution in [3.05, 3.63) is 29.8 Å². The van der Waals surface area contributed by atoms with E-state index in [0.717, 1.165) is 12.2 Å². The first-order valence-corrected chi connectivity index (χ1v) is 7.40. The number of unbranched alkanes of at least 4 members (excludes halogenated alkanes) is 2. The average Bonchev–Trinajstić information content (AvgIpc) is 2.37. The minimum atomic E-state index is -0.233. The van der Waals surface area contributed by atoms with Gasteiger partial charge in [0.25, 0.3) is 0 Å². The van der Waals surface area contributed by atoms with E-state index in [1.807, 2.05) is 18.2 Å². The summed E-state index contributed by atoms with van der Waals surface area (Å²) in [6.45, 7) is 10.7. The van der Waals surface area contributed by atoms with Crippen LogP contribution >= 0.6 is 0 Å². The van der Waals surface area contributed by atoms with Crippen LogP contribution in [-0.4, -0.2) is 5.60 Å². The van der Waals surface area contributed by atoms with Crippen LogP contribution in [0.5, 0.6) is 5.75 Å². The van der Waals surface area contributed by atoms with Gasteiger partial charge in [-0.15, -0.1) is 0 Å². The minimum absolute atomic E-state index is 0.233. The van der Waals surface area contributed by atoms with Crippen molar-refractivity contribution in [3.8, 4) is 5.75 Å². The molecule has 0 radical (unpaired) electrons. The molecule has 0 atom stereocenters. The van der Waals surface area contributed by atoms with Gasteiger partial charge >= 0.3 is 0 Å². The van der Waals surface area contributed by atoms with Gasteiger partial charge in [0.15, 0.2) is 5.75 Å². The first-order chi connectivity index (χ1) is 8.94. The zero-order valence-electron chi connectivity index (χ0n) is 13.0. The third-order valence-electron chi connectivity index (χ3n) is 3.27. The van der Waals surface area contributed by atoms with Crippen LogP contribution in [-0.2, 0) is 4.89 Å². The van der Waals surface area contributed by atoms with E-state index >= 15 is 0 Å². The molecule has 0 aliphatic heterocycles. The van der Waals surface area contributed by atoms with Crippen LogP contribution in [0.4, 0.5) is 0 Å². The van der Waals surface area contributed by atoms with Gasteiger partial charge in [0.05, 0.1) is 0 Å². The molecule has 19 heavy (non-hydrogen) atoms. The van der Waals surface area contributed by atoms with Crippen molar-refractivity contribution < 1.29 is 9.78 Å². The van der Waals surface area contributed by atoms with Crippen molar-refractivity contribution in [1.29, 1.82) is 0 Å². The van der Waals surface area contributed by atoms with Crippen LogP contribution in [0, 0.1) is 0 Å². The van der Waals surface area contributed by atoms with E-state index in [2.05, 4.69) is 40.7 Å². The Morgan fingerprint density at radius 2 is 1.89 bits per heavy atom. The number of hydrogen-bond acceptors (Lipinski definition) is 2. The normalized spacial score (nSPS) is 11.9. The lowest BCUT2D eigenvalue weighted by atomic mass is 10.0. The molecular weight excluding hydrogens is 236 g/mol. The van der Waals surface area contributed by atoms with Crippen molar-refractivity contribution in [1.82, 2.24) is 0 Å². The number of hydrogen-bond donors (Lipinski definition) is 0. The second-order valence-corrected chi connectivity index (χ2v) is 6.11. The van der Waals surface area contributed by atoms with Gasteiger partial charge in [0.2, 0.25) is 0 Å². The van der Waals surface area contributed by atoms with Gasteiger partial charge in [0.1, 0.15) is 5.60 Å². The maximum atomic E-state index is 5.60. The zero-order valence-corrected chi connectivity index (χ0v) is 13.0. The highest BCUT2D eigenvalue weighted by atomic mass is 17.2. The Morgan fingerprint density at radius 1 is 1.16 bits per heavy atom. The zero-order chi connectivity index (χ0) is 14.3. The summed E-state index contributed by atoms with van der Waals surface area (Å²) in [6.07, 6.45) is 4.67. The van der Waals surface area contributed by atoms with Crippen molar-refractivity contribution in [2.45, 2.75) is 71.8 Å². The second-order valence-electron chi connectivity index (χ2n) is 6.11. The van der Waals surface area contributed by atoms with E-state index in [1.165, 1.54) is 24.8 Å². The molecule has 0 heterocycles. The Kier molecular flexibility index (Phi) is 6.36. The summed E-state index contributed by atoms with van der Waals surface area (Å²) in [5.74, 6) is 1.29.